The molecule has 2 aromatic rings. The topological polar surface area (TPSA) is 49.0 Å². The van der Waals surface area contributed by atoms with Gasteiger partial charge >= 0.3 is 0 Å². The van der Waals surface area contributed by atoms with Gasteiger partial charge in [-0.05, 0) is 30.7 Å². The number of hydrogen-bond acceptors (Lipinski definition) is 2. The first-order valence-electron chi connectivity index (χ1n) is 7.29. The second-order valence-electron chi connectivity index (χ2n) is 5.11. The van der Waals surface area contributed by atoms with Crippen LogP contribution >= 0.6 is 0 Å². The van der Waals surface area contributed by atoms with Crippen LogP contribution in [0.4, 0.5) is 4.39 Å². The minimum atomic E-state index is -0.278. The number of nitrogens with zero attached hydrogens (tertiary/aromatic N) is 2. The third-order valence-corrected chi connectivity index (χ3v) is 3.38. The zero-order valence-corrected chi connectivity index (χ0v) is 12.8. The van der Waals surface area contributed by atoms with Gasteiger partial charge in [0.15, 0.2) is 0 Å². The van der Waals surface area contributed by atoms with Crippen molar-refractivity contribution in [3.63, 3.8) is 0 Å². The average molecular weight is 301 g/mol. The minimum absolute atomic E-state index is 0.0518. The highest BCUT2D eigenvalue weighted by atomic mass is 19.1. The van der Waals surface area contributed by atoms with E-state index >= 15 is 0 Å². The molecule has 0 bridgehead atoms. The van der Waals surface area contributed by atoms with Gasteiger partial charge in [0.1, 0.15) is 5.82 Å². The largest absolute Gasteiger partial charge is 0.341 e. The van der Waals surface area contributed by atoms with E-state index < -0.39 is 0 Å². The lowest BCUT2D eigenvalue weighted by Gasteiger charge is -2.16. The molecule has 1 aromatic carbocycles. The van der Waals surface area contributed by atoms with Gasteiger partial charge in [-0.15, -0.1) is 0 Å². The van der Waals surface area contributed by atoms with E-state index in [0.29, 0.717) is 13.0 Å². The molecule has 0 aliphatic rings. The molecular formula is C17H20FN3O. The first-order chi connectivity index (χ1) is 10.6. The number of nitrogens with one attached hydrogen (secondary N) is 1. The molecule has 0 fully saturated rings. The second-order valence-corrected chi connectivity index (χ2v) is 5.11. The third kappa shape index (κ3) is 4.04. The highest BCUT2D eigenvalue weighted by Crippen LogP contribution is 2.22. The van der Waals surface area contributed by atoms with Crippen LogP contribution in [0.25, 0.3) is 11.3 Å². The molecule has 1 aromatic heterocycles. The number of amides is 1. The lowest BCUT2D eigenvalue weighted by Crippen LogP contribution is -2.25. The van der Waals surface area contributed by atoms with Crippen LogP contribution in [0.5, 0.6) is 0 Å². The van der Waals surface area contributed by atoms with Crippen molar-refractivity contribution in [2.45, 2.75) is 26.3 Å². The van der Waals surface area contributed by atoms with Crippen LogP contribution in [0.1, 0.15) is 25.3 Å². The van der Waals surface area contributed by atoms with Crippen LogP contribution in [0.3, 0.4) is 0 Å². The number of hydrogen-bond donors (Lipinski definition) is 1. The molecule has 1 heterocycles. The van der Waals surface area contributed by atoms with Crippen molar-refractivity contribution < 1.29 is 9.18 Å². The summed E-state index contributed by atoms with van der Waals surface area (Å²) in [5.74, 6) is -0.226. The van der Waals surface area contributed by atoms with E-state index in [1.54, 1.807) is 30.3 Å². The number of carbonyl (C=O) groups excluding carboxylic acids is 1. The van der Waals surface area contributed by atoms with Crippen molar-refractivity contribution in [1.29, 1.82) is 0 Å². The van der Waals surface area contributed by atoms with Crippen molar-refractivity contribution in [3.8, 4) is 11.3 Å². The maximum Gasteiger partial charge on any atom is 0.226 e. The third-order valence-electron chi connectivity index (χ3n) is 3.38. The highest BCUT2D eigenvalue weighted by Gasteiger charge is 2.13. The maximum absolute atomic E-state index is 13.0. The first kappa shape index (κ1) is 15.9. The molecule has 1 amide bonds. The van der Waals surface area contributed by atoms with Crippen molar-refractivity contribution in [2.24, 2.45) is 0 Å². The van der Waals surface area contributed by atoms with Crippen LogP contribution in [0, 0.1) is 5.82 Å². The molecule has 5 heteroatoms. The summed E-state index contributed by atoms with van der Waals surface area (Å²) in [6.07, 6.45) is 6.88. The van der Waals surface area contributed by atoms with Crippen LogP contribution in [-0.4, -0.2) is 28.1 Å². The molecule has 0 aliphatic carbocycles. The van der Waals surface area contributed by atoms with Crippen LogP contribution in [-0.2, 0) is 11.3 Å². The average Bonchev–Trinajstić information content (AvgIpc) is 2.96. The number of aromatic amines is 1. The Morgan fingerprint density at radius 1 is 1.32 bits per heavy atom. The normalized spacial score (nSPS) is 11.0. The fraction of sp³-hybridized carbons (Fsp3) is 0.294. The van der Waals surface area contributed by atoms with E-state index in [4.69, 9.17) is 0 Å². The number of allylic oxidation sites excluding steroid dienone is 1. The number of H-pyrrole nitrogens is 1. The number of benzene rings is 1. The lowest BCUT2D eigenvalue weighted by atomic mass is 10.1. The van der Waals surface area contributed by atoms with Gasteiger partial charge in [0.05, 0.1) is 11.9 Å². The molecule has 0 saturated heterocycles. The zero-order chi connectivity index (χ0) is 15.9. The minimum Gasteiger partial charge on any atom is -0.341 e. The Morgan fingerprint density at radius 3 is 2.73 bits per heavy atom. The van der Waals surface area contributed by atoms with E-state index in [-0.39, 0.29) is 11.7 Å². The molecule has 0 atom stereocenters. The van der Waals surface area contributed by atoms with E-state index in [9.17, 15) is 9.18 Å². The van der Waals surface area contributed by atoms with Crippen LogP contribution < -0.4 is 0 Å². The zero-order valence-electron chi connectivity index (χ0n) is 12.8. The molecule has 116 valence electrons. The van der Waals surface area contributed by atoms with Gasteiger partial charge in [0.2, 0.25) is 5.91 Å². The Morgan fingerprint density at radius 2 is 2.05 bits per heavy atom. The van der Waals surface area contributed by atoms with Crippen LogP contribution in [0.2, 0.25) is 0 Å². The van der Waals surface area contributed by atoms with Crippen molar-refractivity contribution in [3.05, 3.63) is 54.0 Å². The molecular weight excluding hydrogens is 281 g/mol. The van der Waals surface area contributed by atoms with Crippen LogP contribution in [0.15, 0.2) is 42.6 Å². The van der Waals surface area contributed by atoms with Gasteiger partial charge in [-0.2, -0.15) is 5.10 Å². The molecule has 1 N–H and O–H groups in total. The summed E-state index contributed by atoms with van der Waals surface area (Å²) in [6, 6.07) is 6.20. The van der Waals surface area contributed by atoms with E-state index in [0.717, 1.165) is 23.2 Å². The van der Waals surface area contributed by atoms with Gasteiger partial charge in [-0.1, -0.05) is 19.1 Å². The molecule has 0 radical (unpaired) electrons. The molecule has 0 spiro atoms. The Kier molecular flexibility index (Phi) is 5.47. The van der Waals surface area contributed by atoms with Crippen molar-refractivity contribution >= 4 is 5.91 Å². The maximum atomic E-state index is 13.0. The predicted octanol–water partition coefficient (Wildman–Crippen LogP) is 3.53. The number of carbonyl (C=O) groups is 1. The van der Waals surface area contributed by atoms with Gasteiger partial charge < -0.3 is 4.90 Å². The number of aromatic nitrogens is 2. The molecule has 0 saturated carbocycles. The van der Waals surface area contributed by atoms with Crippen molar-refractivity contribution in [2.75, 3.05) is 7.05 Å². The fourth-order valence-electron chi connectivity index (χ4n) is 2.15. The van der Waals surface area contributed by atoms with Gasteiger partial charge in [0, 0.05) is 31.1 Å². The van der Waals surface area contributed by atoms with E-state index in [2.05, 4.69) is 10.2 Å². The van der Waals surface area contributed by atoms with E-state index in [1.165, 1.54) is 12.1 Å². The van der Waals surface area contributed by atoms with Gasteiger partial charge in [0.25, 0.3) is 0 Å². The standard InChI is InChI=1S/C17H20FN3O/c1-3-4-5-6-16(22)21(2)12-14-11-19-20-17(14)13-7-9-15(18)10-8-13/h4-5,7-11H,3,6,12H2,1-2H3,(H,19,20)/b5-4+. The molecule has 0 aliphatic heterocycles. The Hall–Kier alpha value is -2.43. The van der Waals surface area contributed by atoms with E-state index in [1.807, 2.05) is 19.1 Å². The predicted molar refractivity (Wildman–Crippen MR) is 84.5 cm³/mol. The molecule has 2 rings (SSSR count). The Balaban J connectivity index is 2.08. The lowest BCUT2D eigenvalue weighted by molar-refractivity contribution is -0.129. The van der Waals surface area contributed by atoms with Gasteiger partial charge in [-0.25, -0.2) is 4.39 Å². The monoisotopic (exact) mass is 301 g/mol. The quantitative estimate of drug-likeness (QED) is 0.830. The summed E-state index contributed by atoms with van der Waals surface area (Å²) >= 11 is 0. The molecule has 0 unspecified atom stereocenters. The highest BCUT2D eigenvalue weighted by molar-refractivity contribution is 5.77. The summed E-state index contributed by atoms with van der Waals surface area (Å²) in [5, 5.41) is 6.95. The second kappa shape index (κ2) is 7.54. The smallest absolute Gasteiger partial charge is 0.226 e. The summed E-state index contributed by atoms with van der Waals surface area (Å²) in [5.41, 5.74) is 2.56. The summed E-state index contributed by atoms with van der Waals surface area (Å²) < 4.78 is 13.0. The number of rotatable bonds is 6. The summed E-state index contributed by atoms with van der Waals surface area (Å²) in [4.78, 5) is 13.7. The fourth-order valence-corrected chi connectivity index (χ4v) is 2.15. The summed E-state index contributed by atoms with van der Waals surface area (Å²) in [6.45, 7) is 2.49. The number of halogens is 1. The van der Waals surface area contributed by atoms with Crippen molar-refractivity contribution in [1.82, 2.24) is 15.1 Å². The first-order valence-corrected chi connectivity index (χ1v) is 7.29. The van der Waals surface area contributed by atoms with Gasteiger partial charge in [-0.3, -0.25) is 9.89 Å². The molecule has 22 heavy (non-hydrogen) atoms. The Bertz CT molecular complexity index is 646. The Labute approximate surface area is 129 Å². The SMILES string of the molecule is CC/C=C/CC(=O)N(C)Cc1cn[nH]c1-c1ccc(F)cc1. The summed E-state index contributed by atoms with van der Waals surface area (Å²) in [7, 11) is 1.77. The molecule has 4 nitrogen and oxygen atoms in total.